The Morgan fingerprint density at radius 2 is 1.47 bits per heavy atom. The Labute approximate surface area is 106 Å². The highest BCUT2D eigenvalue weighted by Crippen LogP contribution is 2.24. The van der Waals surface area contributed by atoms with Crippen LogP contribution in [0.3, 0.4) is 0 Å². The molecule has 1 aromatic heterocycles. The normalized spacial score (nSPS) is 11.5. The van der Waals surface area contributed by atoms with E-state index in [1.807, 2.05) is 0 Å². The van der Waals surface area contributed by atoms with Gasteiger partial charge in [0.2, 0.25) is 0 Å². The molecule has 1 rings (SSSR count). The Kier molecular flexibility index (Phi) is 5.10. The van der Waals surface area contributed by atoms with Crippen LogP contribution in [0.15, 0.2) is 0 Å². The number of aryl methyl sites for hydroxylation is 2. The van der Waals surface area contributed by atoms with Crippen molar-refractivity contribution in [3.63, 3.8) is 0 Å². The van der Waals surface area contributed by atoms with Gasteiger partial charge in [-0.15, -0.1) is 0 Å². The maximum absolute atomic E-state index is 4.75. The van der Waals surface area contributed by atoms with Crippen LogP contribution < -0.4 is 0 Å². The minimum absolute atomic E-state index is 0.518. The van der Waals surface area contributed by atoms with Crippen molar-refractivity contribution in [1.82, 2.24) is 9.97 Å². The van der Waals surface area contributed by atoms with E-state index >= 15 is 0 Å². The Hall–Kier alpha value is -0.920. The van der Waals surface area contributed by atoms with Crippen molar-refractivity contribution in [3.8, 4) is 0 Å². The van der Waals surface area contributed by atoms with Gasteiger partial charge in [0.15, 0.2) is 0 Å². The number of hydrogen-bond donors (Lipinski definition) is 0. The van der Waals surface area contributed by atoms with Gasteiger partial charge < -0.3 is 0 Å². The Morgan fingerprint density at radius 3 is 1.88 bits per heavy atom. The van der Waals surface area contributed by atoms with Crippen LogP contribution in [0, 0.1) is 5.92 Å². The van der Waals surface area contributed by atoms with Crippen LogP contribution in [-0.4, -0.2) is 9.97 Å². The summed E-state index contributed by atoms with van der Waals surface area (Å²) in [6.45, 7) is 13.3. The zero-order valence-electron chi connectivity index (χ0n) is 12.2. The number of rotatable bonds is 5. The first-order valence-corrected chi connectivity index (χ1v) is 6.88. The molecule has 0 aromatic carbocycles. The van der Waals surface area contributed by atoms with E-state index in [-0.39, 0.29) is 0 Å². The van der Waals surface area contributed by atoms with Crippen LogP contribution in [0.4, 0.5) is 0 Å². The molecule has 0 aliphatic carbocycles. The molecule has 1 heterocycles. The van der Waals surface area contributed by atoms with Crippen LogP contribution in [0.2, 0.25) is 0 Å². The molecule has 0 spiro atoms. The Morgan fingerprint density at radius 1 is 0.882 bits per heavy atom. The fourth-order valence-electron chi connectivity index (χ4n) is 2.26. The summed E-state index contributed by atoms with van der Waals surface area (Å²) >= 11 is 0. The second-order valence-corrected chi connectivity index (χ2v) is 5.41. The molecule has 1 aromatic rings. The molecule has 0 bridgehead atoms. The van der Waals surface area contributed by atoms with E-state index in [2.05, 4.69) is 46.5 Å². The van der Waals surface area contributed by atoms with Crippen LogP contribution in [-0.2, 0) is 19.3 Å². The van der Waals surface area contributed by atoms with E-state index < -0.39 is 0 Å². The summed E-state index contributed by atoms with van der Waals surface area (Å²) in [6.07, 6.45) is 3.00. The molecule has 0 amide bonds. The van der Waals surface area contributed by atoms with E-state index in [1.165, 1.54) is 17.0 Å². The van der Waals surface area contributed by atoms with Gasteiger partial charge >= 0.3 is 0 Å². The minimum atomic E-state index is 0.518. The molecule has 0 unspecified atom stereocenters. The van der Waals surface area contributed by atoms with Crippen molar-refractivity contribution < 1.29 is 0 Å². The summed E-state index contributed by atoms with van der Waals surface area (Å²) in [5, 5.41) is 0. The van der Waals surface area contributed by atoms with Gasteiger partial charge in [0.05, 0.1) is 0 Å². The van der Waals surface area contributed by atoms with Crippen LogP contribution >= 0.6 is 0 Å². The maximum atomic E-state index is 4.75. The Bertz CT molecular complexity index is 367. The quantitative estimate of drug-likeness (QED) is 0.771. The molecular formula is C15H26N2. The number of hydrogen-bond acceptors (Lipinski definition) is 2. The summed E-state index contributed by atoms with van der Waals surface area (Å²) in [5.41, 5.74) is 3.92. The van der Waals surface area contributed by atoms with Crippen molar-refractivity contribution in [2.75, 3.05) is 0 Å². The fraction of sp³-hybridized carbons (Fsp3) is 0.733. The number of aromatic nitrogens is 2. The molecule has 96 valence electrons. The topological polar surface area (TPSA) is 25.8 Å². The lowest BCUT2D eigenvalue weighted by atomic mass is 9.93. The fourth-order valence-corrected chi connectivity index (χ4v) is 2.26. The first kappa shape index (κ1) is 14.1. The molecule has 2 heteroatoms. The van der Waals surface area contributed by atoms with Crippen molar-refractivity contribution >= 4 is 0 Å². The van der Waals surface area contributed by atoms with Crippen molar-refractivity contribution in [2.24, 2.45) is 5.92 Å². The summed E-state index contributed by atoms with van der Waals surface area (Å²) in [7, 11) is 0. The zero-order valence-corrected chi connectivity index (χ0v) is 12.2. The largest absolute Gasteiger partial charge is 0.238 e. The van der Waals surface area contributed by atoms with Gasteiger partial charge in [-0.3, -0.25) is 0 Å². The van der Waals surface area contributed by atoms with Crippen molar-refractivity contribution in [3.05, 3.63) is 22.8 Å². The molecular weight excluding hydrogens is 208 g/mol. The highest BCUT2D eigenvalue weighted by molar-refractivity contribution is 5.30. The lowest BCUT2D eigenvalue weighted by Gasteiger charge is -2.18. The first-order chi connectivity index (χ1) is 7.99. The highest BCUT2D eigenvalue weighted by atomic mass is 14.9. The summed E-state index contributed by atoms with van der Waals surface area (Å²) < 4.78 is 0. The minimum Gasteiger partial charge on any atom is -0.238 e. The SMILES string of the molecule is CCc1nc(CC)c(C(C)C)c(CC(C)C)n1. The average molecular weight is 234 g/mol. The highest BCUT2D eigenvalue weighted by Gasteiger charge is 2.16. The molecule has 0 atom stereocenters. The average Bonchev–Trinajstić information content (AvgIpc) is 2.26. The third-order valence-electron chi connectivity index (χ3n) is 2.98. The van der Waals surface area contributed by atoms with E-state index in [4.69, 9.17) is 4.98 Å². The first-order valence-electron chi connectivity index (χ1n) is 6.88. The lowest BCUT2D eigenvalue weighted by Crippen LogP contribution is -2.12. The van der Waals surface area contributed by atoms with Crippen molar-refractivity contribution in [2.45, 2.75) is 66.7 Å². The van der Waals surface area contributed by atoms with Crippen LogP contribution in [0.25, 0.3) is 0 Å². The van der Waals surface area contributed by atoms with Gasteiger partial charge in [0, 0.05) is 17.8 Å². The Balaban J connectivity index is 3.30. The van der Waals surface area contributed by atoms with Crippen LogP contribution in [0.1, 0.15) is 70.2 Å². The standard InChI is InChI=1S/C15H26N2/c1-7-12-15(11(5)6)13(9-10(3)4)17-14(8-2)16-12/h10-11H,7-9H2,1-6H3. The van der Waals surface area contributed by atoms with Crippen molar-refractivity contribution in [1.29, 1.82) is 0 Å². The van der Waals surface area contributed by atoms with E-state index in [1.54, 1.807) is 0 Å². The van der Waals surface area contributed by atoms with E-state index in [0.717, 1.165) is 25.1 Å². The molecule has 0 saturated carbocycles. The molecule has 0 aliphatic heterocycles. The van der Waals surface area contributed by atoms with Gasteiger partial charge in [-0.1, -0.05) is 41.5 Å². The second kappa shape index (κ2) is 6.13. The zero-order chi connectivity index (χ0) is 13.0. The summed E-state index contributed by atoms with van der Waals surface area (Å²) in [4.78, 5) is 9.44. The smallest absolute Gasteiger partial charge is 0.128 e. The third kappa shape index (κ3) is 3.52. The molecule has 2 nitrogen and oxygen atoms in total. The van der Waals surface area contributed by atoms with Gasteiger partial charge in [-0.25, -0.2) is 9.97 Å². The summed E-state index contributed by atoms with van der Waals surface area (Å²) in [6, 6.07) is 0. The van der Waals surface area contributed by atoms with Gasteiger partial charge in [-0.2, -0.15) is 0 Å². The maximum Gasteiger partial charge on any atom is 0.128 e. The third-order valence-corrected chi connectivity index (χ3v) is 2.98. The number of nitrogens with zero attached hydrogens (tertiary/aromatic N) is 2. The van der Waals surface area contributed by atoms with Gasteiger partial charge in [-0.05, 0) is 30.2 Å². The molecule has 0 N–H and O–H groups in total. The molecule has 0 fully saturated rings. The molecule has 17 heavy (non-hydrogen) atoms. The predicted molar refractivity (Wildman–Crippen MR) is 73.4 cm³/mol. The molecule has 0 saturated heterocycles. The molecule has 0 radical (unpaired) electrons. The second-order valence-electron chi connectivity index (χ2n) is 5.41. The van der Waals surface area contributed by atoms with E-state index in [9.17, 15) is 0 Å². The van der Waals surface area contributed by atoms with Crippen LogP contribution in [0.5, 0.6) is 0 Å². The van der Waals surface area contributed by atoms with E-state index in [0.29, 0.717) is 11.8 Å². The molecule has 0 aliphatic rings. The predicted octanol–water partition coefficient (Wildman–Crippen LogP) is 3.92. The van der Waals surface area contributed by atoms with Gasteiger partial charge in [0.1, 0.15) is 5.82 Å². The monoisotopic (exact) mass is 234 g/mol. The summed E-state index contributed by atoms with van der Waals surface area (Å²) in [5.74, 6) is 2.17. The lowest BCUT2D eigenvalue weighted by molar-refractivity contribution is 0.613. The van der Waals surface area contributed by atoms with Gasteiger partial charge in [0.25, 0.3) is 0 Å².